The van der Waals surface area contributed by atoms with Crippen LogP contribution in [0.5, 0.6) is 5.75 Å². The van der Waals surface area contributed by atoms with Gasteiger partial charge in [0.05, 0.1) is 22.9 Å². The van der Waals surface area contributed by atoms with Crippen LogP contribution in [0.25, 0.3) is 11.3 Å². The summed E-state index contributed by atoms with van der Waals surface area (Å²) >= 11 is 0. The van der Waals surface area contributed by atoms with E-state index in [2.05, 4.69) is 15.5 Å². The maximum absolute atomic E-state index is 14.1. The van der Waals surface area contributed by atoms with Crippen molar-refractivity contribution >= 4 is 21.8 Å². The Kier molecular flexibility index (Phi) is 9.30. The van der Waals surface area contributed by atoms with E-state index in [1.54, 1.807) is 0 Å². The number of nitrogens with zero attached hydrogens (tertiary/aromatic N) is 4. The number of aryl methyl sites for hydroxylation is 1. The summed E-state index contributed by atoms with van der Waals surface area (Å²) in [4.78, 5) is 27.4. The molecule has 258 valence electrons. The fourth-order valence-corrected chi connectivity index (χ4v) is 7.85. The highest BCUT2D eigenvalue weighted by Crippen LogP contribution is 2.39. The summed E-state index contributed by atoms with van der Waals surface area (Å²) in [6, 6.07) is 9.02. The molecule has 0 bridgehead atoms. The minimum Gasteiger partial charge on any atom is -0.508 e. The second-order valence-electron chi connectivity index (χ2n) is 12.9. The van der Waals surface area contributed by atoms with Crippen LogP contribution in [0.2, 0.25) is 0 Å². The number of fused-ring (bicyclic) bond motifs is 1. The molecule has 0 atom stereocenters. The lowest BCUT2D eigenvalue weighted by Gasteiger charge is -2.37. The standard InChI is InChI=1S/C33H39F3N6O5S/c1-48(46,47)41-16-9-28-26(21-41)29(39-42(28)15-2-14-40-17-11-32(12-18-40)10-13-37-31(32)45)23-5-8-27(33(34,35)36)24(19-23)20-38-30(44)22-3-6-25(43)7-4-22/h3-8,19,43H,2,9-18,20-21H2,1H3,(H,37,45)(H,38,44). The van der Waals surface area contributed by atoms with E-state index in [4.69, 9.17) is 5.10 Å². The van der Waals surface area contributed by atoms with Crippen molar-refractivity contribution in [1.29, 1.82) is 0 Å². The Bertz CT molecular complexity index is 1800. The molecule has 0 unspecified atom stereocenters. The van der Waals surface area contributed by atoms with Crippen LogP contribution in [-0.2, 0) is 47.0 Å². The highest BCUT2D eigenvalue weighted by molar-refractivity contribution is 7.88. The smallest absolute Gasteiger partial charge is 0.416 e. The SMILES string of the molecule is CS(=O)(=O)N1CCc2c(c(-c3ccc(C(F)(F)F)c(CNC(=O)c4ccc(O)cc4)c3)nn2CCCN2CCC3(CCNC3=O)CC2)C1. The number of phenols is 1. The van der Waals surface area contributed by atoms with Gasteiger partial charge in [-0.2, -0.15) is 22.6 Å². The zero-order valence-corrected chi connectivity index (χ0v) is 27.5. The number of hydrogen-bond donors (Lipinski definition) is 3. The quantitative estimate of drug-likeness (QED) is 0.313. The van der Waals surface area contributed by atoms with Crippen LogP contribution >= 0.6 is 0 Å². The van der Waals surface area contributed by atoms with Crippen molar-refractivity contribution in [2.45, 2.75) is 57.9 Å². The number of alkyl halides is 3. The maximum Gasteiger partial charge on any atom is 0.416 e. The Labute approximate surface area is 277 Å². The molecule has 1 aromatic heterocycles. The van der Waals surface area contributed by atoms with E-state index in [0.29, 0.717) is 29.8 Å². The van der Waals surface area contributed by atoms with Crippen molar-refractivity contribution in [3.05, 3.63) is 70.4 Å². The Morgan fingerprint density at radius 1 is 1.06 bits per heavy atom. The van der Waals surface area contributed by atoms with Crippen LogP contribution in [0.15, 0.2) is 42.5 Å². The minimum absolute atomic E-state index is 0.0463. The molecule has 48 heavy (non-hydrogen) atoms. The normalized spacial score (nSPS) is 18.5. The number of likely N-dealkylation sites (tertiary alicyclic amines) is 1. The van der Waals surface area contributed by atoms with Gasteiger partial charge in [-0.05, 0) is 87.3 Å². The predicted molar refractivity (Wildman–Crippen MR) is 171 cm³/mol. The lowest BCUT2D eigenvalue weighted by molar-refractivity contribution is -0.138. The number of aromatic hydroxyl groups is 1. The molecule has 2 saturated heterocycles. The molecule has 3 aliphatic rings. The number of carbonyl (C=O) groups excluding carboxylic acids is 2. The van der Waals surface area contributed by atoms with E-state index in [-0.39, 0.29) is 41.3 Å². The van der Waals surface area contributed by atoms with Crippen molar-refractivity contribution in [2.75, 3.05) is 39.0 Å². The van der Waals surface area contributed by atoms with Crippen LogP contribution in [0, 0.1) is 5.41 Å². The molecule has 6 rings (SSSR count). The number of phenolic OH excluding ortho intramolecular Hbond substituents is 1. The summed E-state index contributed by atoms with van der Waals surface area (Å²) < 4.78 is 70.4. The average molecular weight is 689 g/mol. The Morgan fingerprint density at radius 2 is 1.79 bits per heavy atom. The Hall–Kier alpha value is -3.95. The first-order valence-electron chi connectivity index (χ1n) is 16.1. The first kappa shape index (κ1) is 33.9. The van der Waals surface area contributed by atoms with Crippen LogP contribution in [0.1, 0.15) is 58.4 Å². The first-order chi connectivity index (χ1) is 22.7. The number of carbonyl (C=O) groups is 2. The molecule has 4 heterocycles. The van der Waals surface area contributed by atoms with Gasteiger partial charge < -0.3 is 20.6 Å². The summed E-state index contributed by atoms with van der Waals surface area (Å²) in [6.45, 7) is 3.63. The number of sulfonamides is 1. The summed E-state index contributed by atoms with van der Waals surface area (Å²) in [5.74, 6) is -0.489. The topological polar surface area (TPSA) is 137 Å². The molecule has 2 amide bonds. The highest BCUT2D eigenvalue weighted by Gasteiger charge is 2.44. The number of benzene rings is 2. The fourth-order valence-electron chi connectivity index (χ4n) is 7.06. The van der Waals surface area contributed by atoms with Gasteiger partial charge in [0.2, 0.25) is 15.9 Å². The van der Waals surface area contributed by atoms with Crippen molar-refractivity contribution in [1.82, 2.24) is 29.6 Å². The molecule has 0 radical (unpaired) electrons. The van der Waals surface area contributed by atoms with Gasteiger partial charge in [0.15, 0.2) is 0 Å². The number of rotatable bonds is 9. The number of halogens is 3. The van der Waals surface area contributed by atoms with Crippen molar-refractivity contribution in [2.24, 2.45) is 5.41 Å². The first-order valence-corrected chi connectivity index (χ1v) is 17.9. The summed E-state index contributed by atoms with van der Waals surface area (Å²) in [7, 11) is -3.54. The van der Waals surface area contributed by atoms with Gasteiger partial charge in [0.1, 0.15) is 5.75 Å². The van der Waals surface area contributed by atoms with Crippen molar-refractivity contribution in [3.63, 3.8) is 0 Å². The highest BCUT2D eigenvalue weighted by atomic mass is 32.2. The molecule has 3 aliphatic heterocycles. The molecule has 15 heteroatoms. The number of piperidine rings is 1. The van der Waals surface area contributed by atoms with E-state index in [0.717, 1.165) is 69.9 Å². The lowest BCUT2D eigenvalue weighted by Crippen LogP contribution is -2.44. The largest absolute Gasteiger partial charge is 0.508 e. The minimum atomic E-state index is -4.68. The zero-order valence-electron chi connectivity index (χ0n) is 26.6. The third-order valence-electron chi connectivity index (χ3n) is 9.85. The molecular formula is C33H39F3N6O5S. The number of nitrogens with one attached hydrogen (secondary N) is 2. The van der Waals surface area contributed by atoms with Gasteiger partial charge in [-0.1, -0.05) is 6.07 Å². The Balaban J connectivity index is 1.24. The third-order valence-corrected chi connectivity index (χ3v) is 11.1. The van der Waals surface area contributed by atoms with Crippen LogP contribution in [0.4, 0.5) is 13.2 Å². The fraction of sp³-hybridized carbons (Fsp3) is 0.485. The molecule has 0 aliphatic carbocycles. The van der Waals surface area contributed by atoms with E-state index >= 15 is 0 Å². The van der Waals surface area contributed by atoms with Gasteiger partial charge in [-0.3, -0.25) is 14.3 Å². The number of aromatic nitrogens is 2. The molecule has 0 saturated carbocycles. The molecular weight excluding hydrogens is 649 g/mol. The second-order valence-corrected chi connectivity index (χ2v) is 14.9. The van der Waals surface area contributed by atoms with Gasteiger partial charge in [0, 0.05) is 61.5 Å². The average Bonchev–Trinajstić information content (AvgIpc) is 3.59. The van der Waals surface area contributed by atoms with Crippen molar-refractivity contribution in [3.8, 4) is 17.0 Å². The Morgan fingerprint density at radius 3 is 2.44 bits per heavy atom. The van der Waals surface area contributed by atoms with E-state index in [1.807, 2.05) is 4.68 Å². The molecule has 3 aromatic rings. The van der Waals surface area contributed by atoms with Gasteiger partial charge >= 0.3 is 6.18 Å². The van der Waals surface area contributed by atoms with Crippen LogP contribution < -0.4 is 10.6 Å². The maximum atomic E-state index is 14.1. The number of hydrogen-bond acceptors (Lipinski definition) is 7. The van der Waals surface area contributed by atoms with E-state index in [9.17, 15) is 36.3 Å². The number of amides is 2. The zero-order chi connectivity index (χ0) is 34.3. The lowest BCUT2D eigenvalue weighted by atomic mass is 9.77. The third kappa shape index (κ3) is 7.08. The monoisotopic (exact) mass is 688 g/mol. The predicted octanol–water partition coefficient (Wildman–Crippen LogP) is 3.51. The summed E-state index contributed by atoms with van der Waals surface area (Å²) in [5.41, 5.74) is 1.17. The van der Waals surface area contributed by atoms with Crippen molar-refractivity contribution < 1.29 is 36.3 Å². The summed E-state index contributed by atoms with van der Waals surface area (Å²) in [5, 5.41) is 19.8. The van der Waals surface area contributed by atoms with Gasteiger partial charge in [-0.15, -0.1) is 0 Å². The summed E-state index contributed by atoms with van der Waals surface area (Å²) in [6.07, 6.45) is 0.145. The van der Waals surface area contributed by atoms with Crippen LogP contribution in [0.3, 0.4) is 0 Å². The van der Waals surface area contributed by atoms with Gasteiger partial charge in [-0.25, -0.2) is 8.42 Å². The molecule has 1 spiro atoms. The van der Waals surface area contributed by atoms with E-state index in [1.165, 1.54) is 40.7 Å². The molecule has 11 nitrogen and oxygen atoms in total. The van der Waals surface area contributed by atoms with E-state index < -0.39 is 34.2 Å². The molecule has 2 aromatic carbocycles. The molecule has 2 fully saturated rings. The van der Waals surface area contributed by atoms with Gasteiger partial charge in [0.25, 0.3) is 5.91 Å². The molecule has 3 N–H and O–H groups in total. The second kappa shape index (κ2) is 13.2. The van der Waals surface area contributed by atoms with Crippen LogP contribution in [-0.4, -0.2) is 83.3 Å².